The first-order chi connectivity index (χ1) is 15.5. The Labute approximate surface area is 195 Å². The van der Waals surface area contributed by atoms with Crippen molar-refractivity contribution in [1.29, 1.82) is 0 Å². The first-order valence-corrected chi connectivity index (χ1v) is 13.8. The van der Waals surface area contributed by atoms with Crippen LogP contribution in [0.2, 0.25) is 0 Å². The molecule has 0 radical (unpaired) electrons. The van der Waals surface area contributed by atoms with Crippen LogP contribution in [0.15, 0.2) is 76.5 Å². The van der Waals surface area contributed by atoms with Gasteiger partial charge in [-0.15, -0.1) is 0 Å². The van der Waals surface area contributed by atoms with Crippen LogP contribution in [0.25, 0.3) is 10.2 Å². The van der Waals surface area contributed by atoms with Crippen LogP contribution in [0.5, 0.6) is 0 Å². The molecule has 0 saturated heterocycles. The summed E-state index contributed by atoms with van der Waals surface area (Å²) in [4.78, 5) is 17.3. The maximum absolute atomic E-state index is 12.7. The van der Waals surface area contributed by atoms with Crippen molar-refractivity contribution in [3.05, 3.63) is 77.9 Å². The van der Waals surface area contributed by atoms with Gasteiger partial charge in [-0.25, -0.2) is 21.8 Å². The second-order valence-corrected chi connectivity index (χ2v) is 12.1. The number of aromatic nitrogens is 1. The molecule has 8 nitrogen and oxygen atoms in total. The summed E-state index contributed by atoms with van der Waals surface area (Å²) in [6, 6.07) is 17.1. The second-order valence-electron chi connectivity index (χ2n) is 7.37. The normalized spacial score (nSPS) is 11.9. The molecule has 0 unspecified atom stereocenters. The van der Waals surface area contributed by atoms with Gasteiger partial charge in [-0.05, 0) is 55.5 Å². The molecule has 0 atom stereocenters. The van der Waals surface area contributed by atoms with Gasteiger partial charge in [-0.1, -0.05) is 35.1 Å². The average Bonchev–Trinajstić information content (AvgIpc) is 3.14. The number of carbonyl (C=O) groups is 1. The van der Waals surface area contributed by atoms with Gasteiger partial charge in [0.2, 0.25) is 0 Å². The van der Waals surface area contributed by atoms with Gasteiger partial charge in [0.05, 0.1) is 20.0 Å². The number of sulfone groups is 1. The largest absolute Gasteiger partial charge is 0.298 e. The minimum absolute atomic E-state index is 0.117. The lowest BCUT2D eigenvalue weighted by Gasteiger charge is -2.10. The van der Waals surface area contributed by atoms with Crippen molar-refractivity contribution in [2.24, 2.45) is 0 Å². The number of hydrogen-bond donors (Lipinski definition) is 2. The summed E-state index contributed by atoms with van der Waals surface area (Å²) in [5.74, 6) is -0.478. The zero-order valence-electron chi connectivity index (χ0n) is 17.6. The van der Waals surface area contributed by atoms with E-state index in [1.54, 1.807) is 36.4 Å². The quantitative estimate of drug-likeness (QED) is 0.411. The van der Waals surface area contributed by atoms with Gasteiger partial charge in [-0.3, -0.25) is 14.8 Å². The van der Waals surface area contributed by atoms with Crippen LogP contribution in [-0.4, -0.2) is 34.0 Å². The third-order valence-corrected chi connectivity index (χ3v) is 8.16. The van der Waals surface area contributed by atoms with Crippen LogP contribution >= 0.6 is 11.3 Å². The highest BCUT2D eigenvalue weighted by Crippen LogP contribution is 2.28. The van der Waals surface area contributed by atoms with Gasteiger partial charge in [0.15, 0.2) is 15.0 Å². The van der Waals surface area contributed by atoms with Crippen LogP contribution in [0.3, 0.4) is 0 Å². The van der Waals surface area contributed by atoms with E-state index in [4.69, 9.17) is 0 Å². The molecule has 2 N–H and O–H groups in total. The summed E-state index contributed by atoms with van der Waals surface area (Å²) in [7, 11) is -7.16. The molecule has 11 heteroatoms. The maximum atomic E-state index is 12.7. The molecule has 3 aromatic carbocycles. The Hall–Kier alpha value is -3.28. The van der Waals surface area contributed by atoms with Gasteiger partial charge in [-0.2, -0.15) is 0 Å². The molecule has 0 aliphatic carbocycles. The molecule has 4 rings (SSSR count). The number of thiazole rings is 1. The summed E-state index contributed by atoms with van der Waals surface area (Å²) in [6.45, 7) is 1.86. The van der Waals surface area contributed by atoms with Crippen molar-refractivity contribution in [3.8, 4) is 0 Å². The number of rotatable bonds is 6. The van der Waals surface area contributed by atoms with Crippen LogP contribution in [0, 0.1) is 6.92 Å². The molecular weight excluding hydrogens is 482 g/mol. The number of amides is 1. The number of fused-ring (bicyclic) bond motifs is 1. The fourth-order valence-corrected chi connectivity index (χ4v) is 5.69. The number of nitrogens with zero attached hydrogens (tertiary/aromatic N) is 1. The van der Waals surface area contributed by atoms with E-state index < -0.39 is 25.8 Å². The molecular formula is C22H19N3O5S3. The minimum Gasteiger partial charge on any atom is -0.298 e. The van der Waals surface area contributed by atoms with E-state index in [9.17, 15) is 21.6 Å². The maximum Gasteiger partial charge on any atom is 0.261 e. The van der Waals surface area contributed by atoms with E-state index in [-0.39, 0.29) is 21.0 Å². The van der Waals surface area contributed by atoms with Crippen molar-refractivity contribution >= 4 is 58.1 Å². The Kier molecular flexibility index (Phi) is 5.95. The molecule has 1 aromatic heterocycles. The number of carbonyl (C=O) groups excluding carboxylic acids is 1. The Morgan fingerprint density at radius 3 is 2.30 bits per heavy atom. The van der Waals surface area contributed by atoms with Crippen LogP contribution < -0.4 is 10.0 Å². The molecule has 4 aromatic rings. The molecule has 0 fully saturated rings. The van der Waals surface area contributed by atoms with Gasteiger partial charge in [0.1, 0.15) is 0 Å². The molecule has 1 heterocycles. The third-order valence-electron chi connectivity index (χ3n) is 4.72. The lowest BCUT2D eigenvalue weighted by Crippen LogP contribution is -2.15. The predicted molar refractivity (Wildman–Crippen MR) is 129 cm³/mol. The van der Waals surface area contributed by atoms with E-state index >= 15 is 0 Å². The number of aryl methyl sites for hydroxylation is 1. The third kappa shape index (κ3) is 5.21. The molecule has 170 valence electrons. The standard InChI is InChI=1S/C22H19N3O5S3/c1-14-6-8-17(9-7-14)33(29,30)25-16-5-3-4-15(12-16)21(26)24-22-23-19-11-10-18(32(2,27)28)13-20(19)31-22/h3-13,25H,1-2H3,(H,23,24,26). The van der Waals surface area contributed by atoms with E-state index in [0.717, 1.165) is 23.2 Å². The molecule has 0 spiro atoms. The van der Waals surface area contributed by atoms with Crippen molar-refractivity contribution in [2.75, 3.05) is 16.3 Å². The average molecular weight is 502 g/mol. The topological polar surface area (TPSA) is 122 Å². The first kappa shape index (κ1) is 22.9. The number of benzene rings is 3. The predicted octanol–water partition coefficient (Wildman–Crippen LogP) is 4.06. The summed E-state index contributed by atoms with van der Waals surface area (Å²) >= 11 is 1.14. The summed E-state index contributed by atoms with van der Waals surface area (Å²) in [6.07, 6.45) is 1.12. The Balaban J connectivity index is 1.54. The van der Waals surface area contributed by atoms with Gasteiger partial charge >= 0.3 is 0 Å². The monoisotopic (exact) mass is 501 g/mol. The van der Waals surface area contributed by atoms with E-state index in [1.165, 1.54) is 30.3 Å². The van der Waals surface area contributed by atoms with Crippen molar-refractivity contribution in [3.63, 3.8) is 0 Å². The highest BCUT2D eigenvalue weighted by molar-refractivity contribution is 7.92. The Bertz CT molecular complexity index is 1580. The summed E-state index contributed by atoms with van der Waals surface area (Å²) in [5, 5.41) is 2.97. The minimum atomic E-state index is -3.81. The van der Waals surface area contributed by atoms with Crippen LogP contribution in [-0.2, 0) is 19.9 Å². The lowest BCUT2D eigenvalue weighted by molar-refractivity contribution is 0.102. The second kappa shape index (κ2) is 8.58. The fraction of sp³-hybridized carbons (Fsp3) is 0.0909. The highest BCUT2D eigenvalue weighted by Gasteiger charge is 2.16. The van der Waals surface area contributed by atoms with Crippen LogP contribution in [0.4, 0.5) is 10.8 Å². The summed E-state index contributed by atoms with van der Waals surface area (Å²) in [5.41, 5.74) is 1.97. The SMILES string of the molecule is Cc1ccc(S(=O)(=O)Nc2cccc(C(=O)Nc3nc4ccc(S(C)(=O)=O)cc4s3)c2)cc1. The first-order valence-electron chi connectivity index (χ1n) is 9.63. The van der Waals surface area contributed by atoms with Crippen molar-refractivity contribution in [2.45, 2.75) is 16.7 Å². The number of hydrogen-bond acceptors (Lipinski definition) is 7. The van der Waals surface area contributed by atoms with Gasteiger partial charge in [0, 0.05) is 17.5 Å². The Morgan fingerprint density at radius 2 is 1.61 bits per heavy atom. The lowest BCUT2D eigenvalue weighted by atomic mass is 10.2. The van der Waals surface area contributed by atoms with Gasteiger partial charge < -0.3 is 0 Å². The number of sulfonamides is 1. The number of anilines is 2. The summed E-state index contributed by atoms with van der Waals surface area (Å²) < 4.78 is 51.8. The van der Waals surface area contributed by atoms with E-state index in [1.807, 2.05) is 6.92 Å². The zero-order chi connectivity index (χ0) is 23.8. The van der Waals surface area contributed by atoms with Crippen LogP contribution in [0.1, 0.15) is 15.9 Å². The number of nitrogens with one attached hydrogen (secondary N) is 2. The van der Waals surface area contributed by atoms with Crippen molar-refractivity contribution in [1.82, 2.24) is 4.98 Å². The zero-order valence-corrected chi connectivity index (χ0v) is 20.0. The molecule has 1 amide bonds. The smallest absolute Gasteiger partial charge is 0.261 e. The Morgan fingerprint density at radius 1 is 0.909 bits per heavy atom. The van der Waals surface area contributed by atoms with Crippen molar-refractivity contribution < 1.29 is 21.6 Å². The van der Waals surface area contributed by atoms with E-state index in [2.05, 4.69) is 15.0 Å². The van der Waals surface area contributed by atoms with E-state index in [0.29, 0.717) is 15.3 Å². The molecule has 0 aliphatic rings. The van der Waals surface area contributed by atoms with Gasteiger partial charge in [0.25, 0.3) is 15.9 Å². The molecule has 33 heavy (non-hydrogen) atoms. The highest BCUT2D eigenvalue weighted by atomic mass is 32.2. The molecule has 0 aliphatic heterocycles. The molecule has 0 saturated carbocycles. The fourth-order valence-electron chi connectivity index (χ4n) is 3.01. The molecule has 0 bridgehead atoms.